The van der Waals surface area contributed by atoms with Gasteiger partial charge in [-0.25, -0.2) is 9.97 Å². The minimum Gasteiger partial charge on any atom is -0.504 e. The average molecular weight is 427 g/mol. The zero-order chi connectivity index (χ0) is 21.5. The van der Waals surface area contributed by atoms with Crippen molar-refractivity contribution in [2.24, 2.45) is 0 Å². The number of nitrogens with zero attached hydrogens (tertiary/aromatic N) is 2. The van der Waals surface area contributed by atoms with Crippen molar-refractivity contribution < 1.29 is 14.6 Å². The Labute approximate surface area is 179 Å². The van der Waals surface area contributed by atoms with Gasteiger partial charge in [0.05, 0.1) is 12.6 Å². The number of phenolic OH excluding ortho intramolecular Hbond substituents is 1. The van der Waals surface area contributed by atoms with Gasteiger partial charge >= 0.3 is 0 Å². The Balaban J connectivity index is 1.84. The lowest BCUT2D eigenvalue weighted by atomic mass is 10.1. The van der Waals surface area contributed by atoms with E-state index in [1.807, 2.05) is 6.07 Å². The average Bonchev–Trinajstić information content (AvgIpc) is 2.73. The number of amides is 1. The van der Waals surface area contributed by atoms with E-state index in [9.17, 15) is 9.90 Å². The molecule has 0 bridgehead atoms. The zero-order valence-electron chi connectivity index (χ0n) is 16.6. The second kappa shape index (κ2) is 9.93. The van der Waals surface area contributed by atoms with Gasteiger partial charge in [0.1, 0.15) is 12.1 Å². The van der Waals surface area contributed by atoms with Crippen LogP contribution in [0.4, 0.5) is 11.5 Å². The minimum atomic E-state index is -0.0257. The normalized spacial score (nSPS) is 10.6. The Bertz CT molecular complexity index is 1070. The van der Waals surface area contributed by atoms with E-state index in [0.29, 0.717) is 46.1 Å². The maximum absolute atomic E-state index is 12.0. The number of anilines is 2. The first kappa shape index (κ1) is 21.4. The van der Waals surface area contributed by atoms with E-state index in [1.54, 1.807) is 30.3 Å². The summed E-state index contributed by atoms with van der Waals surface area (Å²) < 4.78 is 5.14. The van der Waals surface area contributed by atoms with Crippen molar-refractivity contribution in [3.05, 3.63) is 59.9 Å². The number of aromatic hydroxyl groups is 1. The summed E-state index contributed by atoms with van der Waals surface area (Å²) in [5.41, 5.74) is 2.16. The third kappa shape index (κ3) is 5.18. The highest BCUT2D eigenvalue weighted by Crippen LogP contribution is 2.34. The van der Waals surface area contributed by atoms with Gasteiger partial charge in [0.15, 0.2) is 11.5 Å². The fourth-order valence-corrected chi connectivity index (χ4v) is 3.14. The van der Waals surface area contributed by atoms with Crippen molar-refractivity contribution in [1.29, 1.82) is 0 Å². The Morgan fingerprint density at radius 2 is 2.13 bits per heavy atom. The molecule has 0 aliphatic heterocycles. The number of methoxy groups -OCH3 is 1. The summed E-state index contributed by atoms with van der Waals surface area (Å²) in [6, 6.07) is 8.55. The molecule has 0 fully saturated rings. The number of halogens is 1. The monoisotopic (exact) mass is 426 g/mol. The first-order chi connectivity index (χ1) is 14.5. The van der Waals surface area contributed by atoms with Gasteiger partial charge in [0, 0.05) is 35.1 Å². The van der Waals surface area contributed by atoms with E-state index in [0.717, 1.165) is 18.4 Å². The fraction of sp³-hybridized carbons (Fsp3) is 0.227. The molecule has 8 heteroatoms. The van der Waals surface area contributed by atoms with Crippen LogP contribution in [0.1, 0.15) is 24.8 Å². The topological polar surface area (TPSA) is 96.4 Å². The largest absolute Gasteiger partial charge is 0.504 e. The molecule has 0 spiro atoms. The van der Waals surface area contributed by atoms with Crippen molar-refractivity contribution in [1.82, 2.24) is 15.3 Å². The lowest BCUT2D eigenvalue weighted by Crippen LogP contribution is -2.22. The Morgan fingerprint density at radius 3 is 2.90 bits per heavy atom. The molecular weight excluding hydrogens is 404 g/mol. The number of ether oxygens (including phenoxy) is 1. The number of phenols is 1. The second-order valence-corrected chi connectivity index (χ2v) is 7.08. The molecule has 3 N–H and O–H groups in total. The molecule has 1 aromatic heterocycles. The molecule has 1 heterocycles. The smallest absolute Gasteiger partial charge is 0.220 e. The Hall–Kier alpha value is -3.32. The molecule has 0 saturated carbocycles. The molecule has 0 unspecified atom stereocenters. The van der Waals surface area contributed by atoms with Crippen LogP contribution in [0.2, 0.25) is 5.02 Å². The molecule has 1 amide bonds. The number of rotatable bonds is 9. The van der Waals surface area contributed by atoms with Crippen LogP contribution >= 0.6 is 11.6 Å². The zero-order valence-corrected chi connectivity index (χ0v) is 17.4. The predicted molar refractivity (Wildman–Crippen MR) is 118 cm³/mol. The van der Waals surface area contributed by atoms with E-state index >= 15 is 0 Å². The molecule has 3 aromatic rings. The van der Waals surface area contributed by atoms with Gasteiger partial charge in [-0.15, -0.1) is 6.58 Å². The number of benzene rings is 2. The molecule has 2 aromatic carbocycles. The molecule has 7 nitrogen and oxygen atoms in total. The summed E-state index contributed by atoms with van der Waals surface area (Å²) in [4.78, 5) is 20.6. The predicted octanol–water partition coefficient (Wildman–Crippen LogP) is 4.71. The molecule has 156 valence electrons. The van der Waals surface area contributed by atoms with Crippen LogP contribution < -0.4 is 15.4 Å². The summed E-state index contributed by atoms with van der Waals surface area (Å²) in [5.74, 6) is 0.789. The number of carbonyl (C=O) groups excluding carboxylic acids is 1. The van der Waals surface area contributed by atoms with Gasteiger partial charge in [0.2, 0.25) is 5.91 Å². The summed E-state index contributed by atoms with van der Waals surface area (Å²) >= 11 is 6.19. The van der Waals surface area contributed by atoms with Crippen molar-refractivity contribution in [2.45, 2.75) is 25.8 Å². The standard InChI is InChI=1S/C22H23ClN4O3/c1-3-4-5-6-21(29)24-12-14-7-8-15(23)9-17(14)27-22-16-10-19(28)20(30-2)11-18(16)25-13-26-22/h3,7-11,13,28H,1,4-6,12H2,2H3,(H,24,29)(H,25,26,27). The number of nitrogens with one attached hydrogen (secondary N) is 2. The van der Waals surface area contributed by atoms with Gasteiger partial charge < -0.3 is 20.5 Å². The minimum absolute atomic E-state index is 0.0130. The second-order valence-electron chi connectivity index (χ2n) is 6.65. The van der Waals surface area contributed by atoms with E-state index in [4.69, 9.17) is 16.3 Å². The van der Waals surface area contributed by atoms with Crippen LogP contribution in [0.25, 0.3) is 10.9 Å². The number of unbranched alkanes of at least 4 members (excludes halogenated alkanes) is 1. The van der Waals surface area contributed by atoms with Crippen molar-refractivity contribution in [3.8, 4) is 11.5 Å². The third-order valence-corrected chi connectivity index (χ3v) is 4.78. The number of carbonyl (C=O) groups is 1. The molecular formula is C22H23ClN4O3. The molecule has 0 radical (unpaired) electrons. The van der Waals surface area contributed by atoms with Crippen LogP contribution in [0.3, 0.4) is 0 Å². The maximum atomic E-state index is 12.0. The van der Waals surface area contributed by atoms with E-state index in [1.165, 1.54) is 13.4 Å². The molecule has 0 atom stereocenters. The number of allylic oxidation sites excluding steroid dienone is 1. The van der Waals surface area contributed by atoms with Crippen molar-refractivity contribution >= 4 is 39.9 Å². The van der Waals surface area contributed by atoms with Gasteiger partial charge in [-0.1, -0.05) is 23.7 Å². The quantitative estimate of drug-likeness (QED) is 0.338. The van der Waals surface area contributed by atoms with Crippen LogP contribution in [0, 0.1) is 0 Å². The van der Waals surface area contributed by atoms with Crippen molar-refractivity contribution in [3.63, 3.8) is 0 Å². The third-order valence-electron chi connectivity index (χ3n) is 4.55. The first-order valence-electron chi connectivity index (χ1n) is 9.46. The van der Waals surface area contributed by atoms with Crippen LogP contribution in [0.15, 0.2) is 49.3 Å². The Morgan fingerprint density at radius 1 is 1.30 bits per heavy atom. The maximum Gasteiger partial charge on any atom is 0.220 e. The lowest BCUT2D eigenvalue weighted by molar-refractivity contribution is -0.121. The molecule has 0 saturated heterocycles. The molecule has 3 rings (SSSR count). The van der Waals surface area contributed by atoms with Crippen LogP contribution in [-0.2, 0) is 11.3 Å². The van der Waals surface area contributed by atoms with E-state index in [2.05, 4.69) is 27.2 Å². The molecule has 30 heavy (non-hydrogen) atoms. The van der Waals surface area contributed by atoms with Crippen LogP contribution in [-0.4, -0.2) is 28.1 Å². The van der Waals surface area contributed by atoms with Gasteiger partial charge in [0.25, 0.3) is 0 Å². The lowest BCUT2D eigenvalue weighted by Gasteiger charge is -2.15. The molecule has 0 aliphatic carbocycles. The summed E-state index contributed by atoms with van der Waals surface area (Å²) in [7, 11) is 1.48. The van der Waals surface area contributed by atoms with E-state index in [-0.39, 0.29) is 11.7 Å². The summed E-state index contributed by atoms with van der Waals surface area (Å²) in [6.07, 6.45) is 5.24. The van der Waals surface area contributed by atoms with E-state index < -0.39 is 0 Å². The molecule has 0 aliphatic rings. The van der Waals surface area contributed by atoms with Crippen molar-refractivity contribution in [2.75, 3.05) is 12.4 Å². The number of hydrogen-bond donors (Lipinski definition) is 3. The fourth-order valence-electron chi connectivity index (χ4n) is 2.97. The highest BCUT2D eigenvalue weighted by atomic mass is 35.5. The summed E-state index contributed by atoms with van der Waals surface area (Å²) in [5, 5.41) is 17.5. The van der Waals surface area contributed by atoms with Crippen LogP contribution in [0.5, 0.6) is 11.5 Å². The van der Waals surface area contributed by atoms with Gasteiger partial charge in [-0.05, 0) is 36.6 Å². The SMILES string of the molecule is C=CCCCC(=O)NCc1ccc(Cl)cc1Nc1ncnc2cc(OC)c(O)cc12. The number of hydrogen-bond acceptors (Lipinski definition) is 6. The Kier molecular flexibility index (Phi) is 7.08. The number of aromatic nitrogens is 2. The van der Waals surface area contributed by atoms with Gasteiger partial charge in [-0.3, -0.25) is 4.79 Å². The van der Waals surface area contributed by atoms with Gasteiger partial charge in [-0.2, -0.15) is 0 Å². The highest BCUT2D eigenvalue weighted by Gasteiger charge is 2.12. The highest BCUT2D eigenvalue weighted by molar-refractivity contribution is 6.30. The summed E-state index contributed by atoms with van der Waals surface area (Å²) in [6.45, 7) is 4.00. The number of fused-ring (bicyclic) bond motifs is 1. The first-order valence-corrected chi connectivity index (χ1v) is 9.84.